The molecule has 7 nitrogen and oxygen atoms in total. The molecule has 154 valence electrons. The number of nitro benzene ring substituents is 1. The second-order valence-corrected chi connectivity index (χ2v) is 7.53. The van der Waals surface area contributed by atoms with Gasteiger partial charge >= 0.3 is 0 Å². The fraction of sp³-hybridized carbons (Fsp3) is 0.381. The first-order valence-electron chi connectivity index (χ1n) is 9.72. The standard InChI is InChI=1S/C21H24N4O3.ClH/c26-21(24-10-8-16-13-22-14-17(16)9-11-24)15-6-7-19(20(12-15)25(27)28)23-18-4-2-1-3-5-18;/h1-7,12,16-17,22-23H,8-11,13-14H2;1H/t16-,17+;. The Labute approximate surface area is 176 Å². The summed E-state index contributed by atoms with van der Waals surface area (Å²) in [6, 6.07) is 14.0. The van der Waals surface area contributed by atoms with Gasteiger partial charge in [0, 0.05) is 30.4 Å². The van der Waals surface area contributed by atoms with Crippen LogP contribution in [0.2, 0.25) is 0 Å². The van der Waals surface area contributed by atoms with E-state index in [2.05, 4.69) is 10.6 Å². The van der Waals surface area contributed by atoms with Gasteiger partial charge in [0.1, 0.15) is 5.69 Å². The molecule has 2 fully saturated rings. The van der Waals surface area contributed by atoms with Crippen molar-refractivity contribution in [1.29, 1.82) is 0 Å². The van der Waals surface area contributed by atoms with E-state index >= 15 is 0 Å². The number of nitro groups is 1. The van der Waals surface area contributed by atoms with Crippen LogP contribution in [0, 0.1) is 22.0 Å². The second-order valence-electron chi connectivity index (χ2n) is 7.53. The average molecular weight is 417 g/mol. The quantitative estimate of drug-likeness (QED) is 0.584. The molecule has 29 heavy (non-hydrogen) atoms. The number of halogens is 1. The van der Waals surface area contributed by atoms with Gasteiger partial charge in [0.2, 0.25) is 0 Å². The highest BCUT2D eigenvalue weighted by Crippen LogP contribution is 2.31. The summed E-state index contributed by atoms with van der Waals surface area (Å²) in [5.74, 6) is 1.14. The van der Waals surface area contributed by atoms with E-state index in [1.54, 1.807) is 12.1 Å². The van der Waals surface area contributed by atoms with Crippen molar-refractivity contribution in [3.8, 4) is 0 Å². The summed E-state index contributed by atoms with van der Waals surface area (Å²) < 4.78 is 0. The summed E-state index contributed by atoms with van der Waals surface area (Å²) in [7, 11) is 0. The van der Waals surface area contributed by atoms with Crippen molar-refractivity contribution in [2.45, 2.75) is 12.8 Å². The molecule has 2 N–H and O–H groups in total. The first-order valence-corrected chi connectivity index (χ1v) is 9.72. The number of nitrogens with one attached hydrogen (secondary N) is 2. The predicted octanol–water partition coefficient (Wildman–Crippen LogP) is 3.83. The van der Waals surface area contributed by atoms with Crippen molar-refractivity contribution in [1.82, 2.24) is 10.2 Å². The predicted molar refractivity (Wildman–Crippen MR) is 115 cm³/mol. The van der Waals surface area contributed by atoms with Crippen molar-refractivity contribution in [3.05, 3.63) is 64.2 Å². The number of carbonyl (C=O) groups is 1. The molecule has 4 rings (SSSR count). The summed E-state index contributed by atoms with van der Waals surface area (Å²) in [5, 5.41) is 18.1. The van der Waals surface area contributed by atoms with Crippen LogP contribution in [-0.2, 0) is 0 Å². The number of carbonyl (C=O) groups excluding carboxylic acids is 1. The highest BCUT2D eigenvalue weighted by molar-refractivity contribution is 5.96. The maximum Gasteiger partial charge on any atom is 0.293 e. The first kappa shape index (κ1) is 21.1. The highest BCUT2D eigenvalue weighted by Gasteiger charge is 2.32. The molecule has 0 aliphatic carbocycles. The maximum absolute atomic E-state index is 13.0. The second kappa shape index (κ2) is 9.24. The number of hydrogen-bond donors (Lipinski definition) is 2. The summed E-state index contributed by atoms with van der Waals surface area (Å²) in [4.78, 5) is 26.0. The van der Waals surface area contributed by atoms with E-state index in [0.717, 1.165) is 31.6 Å². The van der Waals surface area contributed by atoms with Crippen molar-refractivity contribution >= 4 is 35.4 Å². The van der Waals surface area contributed by atoms with E-state index in [9.17, 15) is 14.9 Å². The number of hydrogen-bond acceptors (Lipinski definition) is 5. The largest absolute Gasteiger partial charge is 0.350 e. The number of fused-ring (bicyclic) bond motifs is 1. The molecule has 2 saturated heterocycles. The number of likely N-dealkylation sites (tertiary alicyclic amines) is 1. The molecule has 2 aliphatic heterocycles. The van der Waals surface area contributed by atoms with E-state index in [1.807, 2.05) is 35.2 Å². The topological polar surface area (TPSA) is 87.5 Å². The van der Waals surface area contributed by atoms with Crippen LogP contribution in [0.5, 0.6) is 0 Å². The molecule has 8 heteroatoms. The van der Waals surface area contributed by atoms with Gasteiger partial charge < -0.3 is 15.5 Å². The van der Waals surface area contributed by atoms with Gasteiger partial charge in [0.05, 0.1) is 4.92 Å². The van der Waals surface area contributed by atoms with Gasteiger partial charge in [-0.25, -0.2) is 0 Å². The van der Waals surface area contributed by atoms with Crippen LogP contribution >= 0.6 is 12.4 Å². The van der Waals surface area contributed by atoms with Crippen LogP contribution in [-0.4, -0.2) is 41.9 Å². The molecule has 2 aromatic carbocycles. The fourth-order valence-corrected chi connectivity index (χ4v) is 4.20. The SMILES string of the molecule is Cl.O=C(c1ccc(Nc2ccccc2)c([N+](=O)[O-])c1)N1CC[C@@H]2CNC[C@@H]2CC1. The number of benzene rings is 2. The molecule has 2 atom stereocenters. The van der Waals surface area contributed by atoms with Crippen LogP contribution in [0.1, 0.15) is 23.2 Å². The average Bonchev–Trinajstić information content (AvgIpc) is 3.06. The Kier molecular flexibility index (Phi) is 6.71. The number of nitrogens with zero attached hydrogens (tertiary/aromatic N) is 2. The summed E-state index contributed by atoms with van der Waals surface area (Å²) in [5.41, 5.74) is 1.42. The van der Waals surface area contributed by atoms with Crippen LogP contribution in [0.15, 0.2) is 48.5 Å². The third-order valence-electron chi connectivity index (χ3n) is 5.80. The Morgan fingerprint density at radius 1 is 1.07 bits per heavy atom. The maximum atomic E-state index is 13.0. The minimum Gasteiger partial charge on any atom is -0.350 e. The molecule has 0 saturated carbocycles. The molecule has 0 aromatic heterocycles. The van der Waals surface area contributed by atoms with Crippen LogP contribution in [0.25, 0.3) is 0 Å². The lowest BCUT2D eigenvalue weighted by molar-refractivity contribution is -0.383. The molecular weight excluding hydrogens is 392 g/mol. The van der Waals surface area contributed by atoms with Gasteiger partial charge in [-0.1, -0.05) is 18.2 Å². The van der Waals surface area contributed by atoms with E-state index in [-0.39, 0.29) is 24.0 Å². The third-order valence-corrected chi connectivity index (χ3v) is 5.80. The molecular formula is C21H25ClN4O3. The number of anilines is 2. The zero-order chi connectivity index (χ0) is 19.5. The summed E-state index contributed by atoms with van der Waals surface area (Å²) in [6.07, 6.45) is 1.97. The lowest BCUT2D eigenvalue weighted by Crippen LogP contribution is -2.32. The molecule has 0 unspecified atom stereocenters. The zero-order valence-electron chi connectivity index (χ0n) is 16.0. The lowest BCUT2D eigenvalue weighted by atomic mass is 9.92. The molecule has 1 amide bonds. The molecule has 2 aromatic rings. The number of rotatable bonds is 4. The minimum atomic E-state index is -0.444. The smallest absolute Gasteiger partial charge is 0.293 e. The van der Waals surface area contributed by atoms with E-state index in [0.29, 0.717) is 36.2 Å². The first-order chi connectivity index (χ1) is 13.6. The molecule has 2 heterocycles. The van der Waals surface area contributed by atoms with Gasteiger partial charge in [-0.05, 0) is 62.0 Å². The highest BCUT2D eigenvalue weighted by atomic mass is 35.5. The van der Waals surface area contributed by atoms with Crippen molar-refractivity contribution in [2.24, 2.45) is 11.8 Å². The van der Waals surface area contributed by atoms with Gasteiger partial charge in [-0.3, -0.25) is 14.9 Å². The van der Waals surface area contributed by atoms with Crippen molar-refractivity contribution in [3.63, 3.8) is 0 Å². The monoisotopic (exact) mass is 416 g/mol. The Morgan fingerprint density at radius 3 is 2.34 bits per heavy atom. The summed E-state index contributed by atoms with van der Waals surface area (Å²) >= 11 is 0. The molecule has 0 spiro atoms. The summed E-state index contributed by atoms with van der Waals surface area (Å²) in [6.45, 7) is 3.47. The van der Waals surface area contributed by atoms with Gasteiger partial charge in [-0.2, -0.15) is 0 Å². The van der Waals surface area contributed by atoms with Crippen LogP contribution in [0.3, 0.4) is 0 Å². The number of amides is 1. The van der Waals surface area contributed by atoms with Crippen molar-refractivity contribution in [2.75, 3.05) is 31.5 Å². The molecule has 2 aliphatic rings. The Balaban J connectivity index is 0.00000240. The minimum absolute atomic E-state index is 0. The third kappa shape index (κ3) is 4.68. The Morgan fingerprint density at radius 2 is 1.72 bits per heavy atom. The molecule has 0 bridgehead atoms. The lowest BCUT2D eigenvalue weighted by Gasteiger charge is -2.21. The Hall–Kier alpha value is -2.64. The van der Waals surface area contributed by atoms with Crippen molar-refractivity contribution < 1.29 is 9.72 Å². The normalized spacial score (nSPS) is 20.9. The van der Waals surface area contributed by atoms with Gasteiger partial charge in [0.15, 0.2) is 0 Å². The Bertz CT molecular complexity index is 863. The van der Waals surface area contributed by atoms with E-state index in [4.69, 9.17) is 0 Å². The van der Waals surface area contributed by atoms with Gasteiger partial charge in [0.25, 0.3) is 11.6 Å². The molecule has 0 radical (unpaired) electrons. The van der Waals surface area contributed by atoms with E-state index in [1.165, 1.54) is 6.07 Å². The number of para-hydroxylation sites is 1. The fourth-order valence-electron chi connectivity index (χ4n) is 4.20. The van der Waals surface area contributed by atoms with E-state index < -0.39 is 4.92 Å². The van der Waals surface area contributed by atoms with Gasteiger partial charge in [-0.15, -0.1) is 12.4 Å². The van der Waals surface area contributed by atoms with Crippen LogP contribution < -0.4 is 10.6 Å². The van der Waals surface area contributed by atoms with Crippen LogP contribution in [0.4, 0.5) is 17.1 Å². The zero-order valence-corrected chi connectivity index (χ0v) is 16.9.